The first kappa shape index (κ1) is 21.3. The summed E-state index contributed by atoms with van der Waals surface area (Å²) in [7, 11) is 1.69. The fourth-order valence-corrected chi connectivity index (χ4v) is 5.89. The second-order valence-corrected chi connectivity index (χ2v) is 9.56. The number of aromatic nitrogens is 4. The third-order valence-corrected chi connectivity index (χ3v) is 7.72. The fraction of sp³-hybridized carbons (Fsp3) is 0.375. The summed E-state index contributed by atoms with van der Waals surface area (Å²) in [6.45, 7) is 5.58. The van der Waals surface area contributed by atoms with Crippen molar-refractivity contribution in [3.8, 4) is 17.1 Å². The lowest BCUT2D eigenvalue weighted by atomic mass is 9.99. The third kappa shape index (κ3) is 3.98. The van der Waals surface area contributed by atoms with Crippen LogP contribution in [-0.2, 0) is 13.2 Å². The number of hydrogen-bond acceptors (Lipinski definition) is 6. The van der Waals surface area contributed by atoms with Crippen molar-refractivity contribution >= 4 is 33.8 Å². The van der Waals surface area contributed by atoms with Gasteiger partial charge in [0.05, 0.1) is 34.6 Å². The molecule has 1 unspecified atom stereocenters. The average molecular weight is 466 g/mol. The van der Waals surface area contributed by atoms with E-state index in [2.05, 4.69) is 40.7 Å². The summed E-state index contributed by atoms with van der Waals surface area (Å²) in [4.78, 5) is 7.37. The van der Waals surface area contributed by atoms with Crippen LogP contribution in [0, 0.1) is 4.77 Å². The van der Waals surface area contributed by atoms with Gasteiger partial charge in [-0.2, -0.15) is 5.10 Å². The lowest BCUT2D eigenvalue weighted by Gasteiger charge is -2.31. The highest BCUT2D eigenvalue weighted by atomic mass is 32.1. The molecular formula is C24H27N5OS2. The molecule has 2 aromatic carbocycles. The molecular weight excluding hydrogens is 438 g/mol. The number of ether oxygens (including phenoxy) is 1. The standard InChI is InChI=1S/C24H27N5OS2/c1-3-28-22(18-10-4-6-12-20(18)30-2)26-29(24(28)31)16-27-14-8-9-17(15-27)23-25-19-11-5-7-13-21(19)32-23/h4-7,10-13,17H,3,8-9,14-16H2,1-2H3. The van der Waals surface area contributed by atoms with E-state index in [1.165, 1.54) is 16.1 Å². The van der Waals surface area contributed by atoms with E-state index in [1.54, 1.807) is 7.11 Å². The van der Waals surface area contributed by atoms with Gasteiger partial charge >= 0.3 is 0 Å². The van der Waals surface area contributed by atoms with E-state index in [-0.39, 0.29) is 0 Å². The summed E-state index contributed by atoms with van der Waals surface area (Å²) in [5.41, 5.74) is 2.07. The molecule has 5 rings (SSSR count). The van der Waals surface area contributed by atoms with Gasteiger partial charge in [-0.05, 0) is 62.8 Å². The molecule has 1 aliphatic rings. The average Bonchev–Trinajstić information content (AvgIpc) is 3.40. The van der Waals surface area contributed by atoms with Gasteiger partial charge in [-0.15, -0.1) is 11.3 Å². The number of hydrogen-bond donors (Lipinski definition) is 0. The molecule has 2 aromatic heterocycles. The lowest BCUT2D eigenvalue weighted by Crippen LogP contribution is -2.36. The summed E-state index contributed by atoms with van der Waals surface area (Å²) < 4.78 is 11.6. The van der Waals surface area contributed by atoms with E-state index in [9.17, 15) is 0 Å². The molecule has 1 saturated heterocycles. The number of nitrogens with zero attached hydrogens (tertiary/aromatic N) is 5. The summed E-state index contributed by atoms with van der Waals surface area (Å²) in [6.07, 6.45) is 2.33. The fourth-order valence-electron chi connectivity index (χ4n) is 4.49. The Morgan fingerprint density at radius 1 is 1.16 bits per heavy atom. The van der Waals surface area contributed by atoms with E-state index in [1.807, 2.05) is 40.3 Å². The summed E-state index contributed by atoms with van der Waals surface area (Å²) >= 11 is 7.64. The molecule has 0 aliphatic carbocycles. The molecule has 0 amide bonds. The summed E-state index contributed by atoms with van der Waals surface area (Å²) in [5.74, 6) is 2.12. The van der Waals surface area contributed by atoms with E-state index in [4.69, 9.17) is 27.0 Å². The van der Waals surface area contributed by atoms with Crippen LogP contribution in [0.5, 0.6) is 5.75 Å². The summed E-state index contributed by atoms with van der Waals surface area (Å²) in [6, 6.07) is 16.4. The van der Waals surface area contributed by atoms with Gasteiger partial charge in [0, 0.05) is 19.0 Å². The zero-order chi connectivity index (χ0) is 22.1. The Morgan fingerprint density at radius 3 is 2.78 bits per heavy atom. The molecule has 8 heteroatoms. The normalized spacial score (nSPS) is 17.1. The van der Waals surface area contributed by atoms with Gasteiger partial charge in [0.2, 0.25) is 0 Å². The minimum atomic E-state index is 0.456. The first-order chi connectivity index (χ1) is 15.7. The van der Waals surface area contributed by atoms with Crippen LogP contribution in [0.1, 0.15) is 30.7 Å². The monoisotopic (exact) mass is 465 g/mol. The minimum absolute atomic E-state index is 0.456. The molecule has 1 fully saturated rings. The first-order valence-electron chi connectivity index (χ1n) is 11.1. The molecule has 1 atom stereocenters. The largest absolute Gasteiger partial charge is 0.496 e. The van der Waals surface area contributed by atoms with Crippen molar-refractivity contribution in [1.29, 1.82) is 0 Å². The first-order valence-corrected chi connectivity index (χ1v) is 12.3. The van der Waals surface area contributed by atoms with Crippen LogP contribution in [-0.4, -0.2) is 44.4 Å². The van der Waals surface area contributed by atoms with E-state index >= 15 is 0 Å². The molecule has 1 aliphatic heterocycles. The maximum atomic E-state index is 5.81. The van der Waals surface area contributed by atoms with Crippen molar-refractivity contribution in [2.45, 2.75) is 38.9 Å². The Labute approximate surface area is 197 Å². The second-order valence-electron chi connectivity index (χ2n) is 8.13. The molecule has 4 aromatic rings. The Balaban J connectivity index is 1.40. The van der Waals surface area contributed by atoms with Gasteiger partial charge in [-0.25, -0.2) is 9.67 Å². The Bertz CT molecular complexity index is 1260. The topological polar surface area (TPSA) is 48.1 Å². The van der Waals surface area contributed by atoms with E-state index < -0.39 is 0 Å². The van der Waals surface area contributed by atoms with Gasteiger partial charge in [0.25, 0.3) is 0 Å². The van der Waals surface area contributed by atoms with Crippen molar-refractivity contribution in [2.24, 2.45) is 0 Å². The SMILES string of the molecule is CCn1c(-c2ccccc2OC)nn(CN2CCCC(c3nc4ccccc4s3)C2)c1=S. The molecule has 6 nitrogen and oxygen atoms in total. The zero-order valence-electron chi connectivity index (χ0n) is 18.4. The molecule has 0 spiro atoms. The molecule has 166 valence electrons. The molecule has 0 saturated carbocycles. The second kappa shape index (κ2) is 9.13. The highest BCUT2D eigenvalue weighted by Gasteiger charge is 2.25. The number of thiazole rings is 1. The predicted molar refractivity (Wildman–Crippen MR) is 132 cm³/mol. The van der Waals surface area contributed by atoms with Crippen LogP contribution < -0.4 is 4.74 Å². The smallest absolute Gasteiger partial charge is 0.199 e. The molecule has 3 heterocycles. The van der Waals surface area contributed by atoms with Crippen LogP contribution in [0.4, 0.5) is 0 Å². The summed E-state index contributed by atoms with van der Waals surface area (Å²) in [5, 5.41) is 6.17. The number of para-hydroxylation sites is 2. The molecule has 0 bridgehead atoms. The maximum Gasteiger partial charge on any atom is 0.199 e. The van der Waals surface area contributed by atoms with Gasteiger partial charge in [0.1, 0.15) is 5.75 Å². The lowest BCUT2D eigenvalue weighted by molar-refractivity contribution is 0.156. The van der Waals surface area contributed by atoms with E-state index in [0.29, 0.717) is 12.6 Å². The van der Waals surface area contributed by atoms with Crippen molar-refractivity contribution in [3.63, 3.8) is 0 Å². The quantitative estimate of drug-likeness (QED) is 0.349. The number of fused-ring (bicyclic) bond motifs is 1. The van der Waals surface area contributed by atoms with Crippen LogP contribution in [0.3, 0.4) is 0 Å². The van der Waals surface area contributed by atoms with Crippen LogP contribution in [0.25, 0.3) is 21.6 Å². The van der Waals surface area contributed by atoms with Gasteiger partial charge in [0.15, 0.2) is 10.6 Å². The number of piperidine rings is 1. The Morgan fingerprint density at radius 2 is 1.97 bits per heavy atom. The van der Waals surface area contributed by atoms with Gasteiger partial charge < -0.3 is 9.30 Å². The van der Waals surface area contributed by atoms with Crippen LogP contribution in [0.2, 0.25) is 0 Å². The highest BCUT2D eigenvalue weighted by molar-refractivity contribution is 7.71. The molecule has 0 N–H and O–H groups in total. The van der Waals surface area contributed by atoms with Gasteiger partial charge in [-0.3, -0.25) is 4.90 Å². The van der Waals surface area contributed by atoms with Crippen LogP contribution in [0.15, 0.2) is 48.5 Å². The molecule has 0 radical (unpaired) electrons. The van der Waals surface area contributed by atoms with Crippen molar-refractivity contribution in [3.05, 3.63) is 58.3 Å². The number of methoxy groups -OCH3 is 1. The van der Waals surface area contributed by atoms with Crippen molar-refractivity contribution in [2.75, 3.05) is 20.2 Å². The predicted octanol–water partition coefficient (Wildman–Crippen LogP) is 5.56. The van der Waals surface area contributed by atoms with Crippen LogP contribution >= 0.6 is 23.6 Å². The third-order valence-electron chi connectivity index (χ3n) is 6.09. The van der Waals surface area contributed by atoms with Gasteiger partial charge in [-0.1, -0.05) is 24.3 Å². The van der Waals surface area contributed by atoms with Crippen molar-refractivity contribution < 1.29 is 4.74 Å². The van der Waals surface area contributed by atoms with E-state index in [0.717, 1.165) is 53.5 Å². The number of benzene rings is 2. The number of likely N-dealkylation sites (tertiary alicyclic amines) is 1. The van der Waals surface area contributed by atoms with Crippen molar-refractivity contribution in [1.82, 2.24) is 24.2 Å². The molecule has 32 heavy (non-hydrogen) atoms. The minimum Gasteiger partial charge on any atom is -0.496 e. The Hall–Kier alpha value is -2.55. The highest BCUT2D eigenvalue weighted by Crippen LogP contribution is 2.33. The zero-order valence-corrected chi connectivity index (χ0v) is 20.0. The maximum absolute atomic E-state index is 5.81. The Kier molecular flexibility index (Phi) is 6.08. The number of rotatable bonds is 6.